The van der Waals surface area contributed by atoms with Crippen LogP contribution >= 0.6 is 24.0 Å². The molecule has 0 heterocycles. The Balaban J connectivity index is 0.00000625. The van der Waals surface area contributed by atoms with Crippen LogP contribution in [0.4, 0.5) is 0 Å². The fourth-order valence-electron chi connectivity index (χ4n) is 1.97. The van der Waals surface area contributed by atoms with Crippen LogP contribution in [0.3, 0.4) is 0 Å². The van der Waals surface area contributed by atoms with Crippen LogP contribution in [0.15, 0.2) is 35.3 Å². The van der Waals surface area contributed by atoms with Crippen LogP contribution in [-0.2, 0) is 9.84 Å². The van der Waals surface area contributed by atoms with Gasteiger partial charge < -0.3 is 15.0 Å². The first-order valence-corrected chi connectivity index (χ1v) is 10.2. The minimum absolute atomic E-state index is 0. The number of halogens is 1. The average Bonchev–Trinajstić information content (AvgIpc) is 2.53. The molecule has 6 nitrogen and oxygen atoms in total. The summed E-state index contributed by atoms with van der Waals surface area (Å²) in [5, 5.41) is 3.18. The summed E-state index contributed by atoms with van der Waals surface area (Å²) in [5.74, 6) is 1.55. The van der Waals surface area contributed by atoms with Gasteiger partial charge in [-0.3, -0.25) is 4.99 Å². The standard InChI is InChI=1S/C18H31N3O3S.HI/c1-6-19-17(20-12-15-25(22,23)18(2,3)4)21(5)13-14-24-16-10-8-7-9-11-16;/h7-11H,6,12-15H2,1-5H3,(H,19,20);1H. The van der Waals surface area contributed by atoms with E-state index in [4.69, 9.17) is 4.74 Å². The number of benzene rings is 1. The van der Waals surface area contributed by atoms with Crippen molar-refractivity contribution in [3.05, 3.63) is 30.3 Å². The summed E-state index contributed by atoms with van der Waals surface area (Å²) in [6.45, 7) is 9.24. The van der Waals surface area contributed by atoms with Gasteiger partial charge in [-0.05, 0) is 39.8 Å². The summed E-state index contributed by atoms with van der Waals surface area (Å²) in [6, 6.07) is 9.63. The fraction of sp³-hybridized carbons (Fsp3) is 0.611. The van der Waals surface area contributed by atoms with E-state index in [9.17, 15) is 8.42 Å². The molecule has 0 aromatic heterocycles. The molecule has 1 aromatic rings. The predicted molar refractivity (Wildman–Crippen MR) is 120 cm³/mol. The maximum atomic E-state index is 12.2. The second-order valence-electron chi connectivity index (χ2n) is 6.75. The molecule has 0 fully saturated rings. The van der Waals surface area contributed by atoms with Crippen LogP contribution in [0, 0.1) is 0 Å². The first-order valence-electron chi connectivity index (χ1n) is 8.57. The second-order valence-corrected chi connectivity index (χ2v) is 9.61. The lowest BCUT2D eigenvalue weighted by molar-refractivity contribution is 0.281. The largest absolute Gasteiger partial charge is 0.492 e. The Labute approximate surface area is 175 Å². The molecule has 0 saturated heterocycles. The highest BCUT2D eigenvalue weighted by Crippen LogP contribution is 2.15. The third kappa shape index (κ3) is 8.57. The zero-order valence-electron chi connectivity index (χ0n) is 16.4. The summed E-state index contributed by atoms with van der Waals surface area (Å²) in [4.78, 5) is 6.38. The van der Waals surface area contributed by atoms with Gasteiger partial charge in [-0.25, -0.2) is 8.42 Å². The molecule has 0 saturated carbocycles. The smallest absolute Gasteiger partial charge is 0.193 e. The maximum absolute atomic E-state index is 12.2. The lowest BCUT2D eigenvalue weighted by Crippen LogP contribution is -2.41. The highest BCUT2D eigenvalue weighted by molar-refractivity contribution is 14.0. The van der Waals surface area contributed by atoms with Crippen molar-refractivity contribution in [1.29, 1.82) is 0 Å². The lowest BCUT2D eigenvalue weighted by atomic mass is 10.3. The molecule has 1 N–H and O–H groups in total. The van der Waals surface area contributed by atoms with Crippen LogP contribution in [0.25, 0.3) is 0 Å². The molecule has 0 aliphatic carbocycles. The van der Waals surface area contributed by atoms with Gasteiger partial charge in [0.1, 0.15) is 12.4 Å². The number of nitrogens with one attached hydrogen (secondary N) is 1. The first kappa shape index (κ1) is 25.0. The zero-order chi connectivity index (χ0) is 18.9. The van der Waals surface area contributed by atoms with E-state index in [2.05, 4.69) is 10.3 Å². The first-order chi connectivity index (χ1) is 11.7. The molecule has 1 aromatic carbocycles. The number of sulfone groups is 1. The number of nitrogens with zero attached hydrogens (tertiary/aromatic N) is 2. The Hall–Kier alpha value is -1.03. The van der Waals surface area contributed by atoms with E-state index in [0.717, 1.165) is 12.3 Å². The third-order valence-electron chi connectivity index (χ3n) is 3.69. The van der Waals surface area contributed by atoms with Crippen LogP contribution in [-0.4, -0.2) is 63.1 Å². The van der Waals surface area contributed by atoms with Gasteiger partial charge in [-0.2, -0.15) is 0 Å². The number of hydrogen-bond donors (Lipinski definition) is 1. The van der Waals surface area contributed by atoms with E-state index in [1.54, 1.807) is 20.8 Å². The molecule has 8 heteroatoms. The molecule has 0 spiro atoms. The third-order valence-corrected chi connectivity index (χ3v) is 6.28. The minimum Gasteiger partial charge on any atom is -0.492 e. The molecule has 0 radical (unpaired) electrons. The van der Waals surface area contributed by atoms with Crippen molar-refractivity contribution in [3.63, 3.8) is 0 Å². The molecule has 0 bridgehead atoms. The van der Waals surface area contributed by atoms with Gasteiger partial charge in [0.15, 0.2) is 15.8 Å². The number of para-hydroxylation sites is 1. The van der Waals surface area contributed by atoms with Crippen molar-refractivity contribution in [2.24, 2.45) is 4.99 Å². The second kappa shape index (κ2) is 11.6. The van der Waals surface area contributed by atoms with Gasteiger partial charge in [0.25, 0.3) is 0 Å². The predicted octanol–water partition coefficient (Wildman–Crippen LogP) is 2.79. The Morgan fingerprint density at radius 2 is 1.85 bits per heavy atom. The minimum atomic E-state index is -3.17. The fourth-order valence-corrected chi connectivity index (χ4v) is 2.91. The topological polar surface area (TPSA) is 71.0 Å². The molecule has 26 heavy (non-hydrogen) atoms. The van der Waals surface area contributed by atoms with Gasteiger partial charge in [-0.1, -0.05) is 18.2 Å². The van der Waals surface area contributed by atoms with Crippen LogP contribution in [0.1, 0.15) is 27.7 Å². The lowest BCUT2D eigenvalue weighted by Gasteiger charge is -2.23. The zero-order valence-corrected chi connectivity index (χ0v) is 19.5. The van der Waals surface area contributed by atoms with E-state index in [-0.39, 0.29) is 36.3 Å². The molecule has 1 rings (SSSR count). The normalized spacial score (nSPS) is 12.3. The van der Waals surface area contributed by atoms with Gasteiger partial charge >= 0.3 is 0 Å². The number of guanidine groups is 1. The van der Waals surface area contributed by atoms with Crippen molar-refractivity contribution in [2.75, 3.05) is 39.0 Å². The molecule has 0 aliphatic rings. The van der Waals surface area contributed by atoms with E-state index >= 15 is 0 Å². The Morgan fingerprint density at radius 1 is 1.23 bits per heavy atom. The summed E-state index contributed by atoms with van der Waals surface area (Å²) in [5.41, 5.74) is 0. The molecule has 0 aliphatic heterocycles. The quantitative estimate of drug-likeness (QED) is 0.340. The van der Waals surface area contributed by atoms with Crippen molar-refractivity contribution >= 4 is 39.8 Å². The van der Waals surface area contributed by atoms with E-state index in [1.165, 1.54) is 0 Å². The molecule has 0 atom stereocenters. The van der Waals surface area contributed by atoms with Crippen LogP contribution < -0.4 is 10.1 Å². The highest BCUT2D eigenvalue weighted by Gasteiger charge is 2.28. The summed E-state index contributed by atoms with van der Waals surface area (Å²) >= 11 is 0. The number of hydrogen-bond acceptors (Lipinski definition) is 4. The van der Waals surface area contributed by atoms with Crippen molar-refractivity contribution in [2.45, 2.75) is 32.4 Å². The van der Waals surface area contributed by atoms with Gasteiger partial charge in [-0.15, -0.1) is 24.0 Å². The summed E-state index contributed by atoms with van der Waals surface area (Å²) in [7, 11) is -1.25. The Bertz CT molecular complexity index is 643. The molecule has 150 valence electrons. The number of rotatable bonds is 8. The van der Waals surface area contributed by atoms with Crippen LogP contribution in [0.2, 0.25) is 0 Å². The van der Waals surface area contributed by atoms with Gasteiger partial charge in [0, 0.05) is 13.6 Å². The SMILES string of the molecule is CCNC(=NCCS(=O)(=O)C(C)(C)C)N(C)CCOc1ccccc1.I. The number of aliphatic imine (C=N–C) groups is 1. The summed E-state index contributed by atoms with van der Waals surface area (Å²) < 4.78 is 29.3. The van der Waals surface area contributed by atoms with Gasteiger partial charge in [0.05, 0.1) is 23.6 Å². The highest BCUT2D eigenvalue weighted by atomic mass is 127. The average molecular weight is 497 g/mol. The van der Waals surface area contributed by atoms with E-state index in [1.807, 2.05) is 49.2 Å². The summed E-state index contributed by atoms with van der Waals surface area (Å²) in [6.07, 6.45) is 0. The Morgan fingerprint density at radius 3 is 2.38 bits per heavy atom. The van der Waals surface area contributed by atoms with Gasteiger partial charge in [0.2, 0.25) is 0 Å². The molecular weight excluding hydrogens is 465 g/mol. The molecule has 0 amide bonds. The molecule has 0 unspecified atom stereocenters. The number of likely N-dealkylation sites (N-methyl/N-ethyl adjacent to an activating group) is 1. The maximum Gasteiger partial charge on any atom is 0.193 e. The van der Waals surface area contributed by atoms with Crippen molar-refractivity contribution in [3.8, 4) is 5.75 Å². The monoisotopic (exact) mass is 497 g/mol. The van der Waals surface area contributed by atoms with E-state index in [0.29, 0.717) is 19.1 Å². The number of ether oxygens (including phenoxy) is 1. The Kier molecular flexibility index (Phi) is 11.2. The van der Waals surface area contributed by atoms with Crippen molar-refractivity contribution < 1.29 is 13.2 Å². The van der Waals surface area contributed by atoms with E-state index < -0.39 is 14.6 Å². The van der Waals surface area contributed by atoms with Crippen LogP contribution in [0.5, 0.6) is 5.75 Å². The molecular formula is C18H32IN3O3S. The van der Waals surface area contributed by atoms with Crippen molar-refractivity contribution in [1.82, 2.24) is 10.2 Å².